The fraction of sp³-hybridized carbons (Fsp3) is 0.462. The quantitative estimate of drug-likeness (QED) is 0.861. The molecule has 0 unspecified atom stereocenters. The second kappa shape index (κ2) is 4.35. The number of nitriles is 1. The Balaban J connectivity index is 1.95. The molecule has 1 N–H and O–H groups in total. The molecular formula is C13H15ClN2. The molecular weight excluding hydrogens is 220 g/mol. The minimum Gasteiger partial charge on any atom is -0.384 e. The largest absolute Gasteiger partial charge is 0.384 e. The number of nitrogens with one attached hydrogen (secondary N) is 1. The summed E-state index contributed by atoms with van der Waals surface area (Å²) in [5.74, 6) is 0. The Morgan fingerprint density at radius 1 is 1.50 bits per heavy atom. The van der Waals surface area contributed by atoms with Gasteiger partial charge in [-0.05, 0) is 37.5 Å². The lowest BCUT2D eigenvalue weighted by molar-refractivity contribution is 0.557. The van der Waals surface area contributed by atoms with E-state index in [1.54, 1.807) is 0 Å². The highest BCUT2D eigenvalue weighted by atomic mass is 35.5. The molecule has 0 aliphatic heterocycles. The van der Waals surface area contributed by atoms with Crippen LogP contribution in [0.15, 0.2) is 18.2 Å². The van der Waals surface area contributed by atoms with Crippen molar-refractivity contribution in [1.82, 2.24) is 0 Å². The fourth-order valence-electron chi connectivity index (χ4n) is 1.75. The predicted octanol–water partition coefficient (Wildman–Crippen LogP) is 3.75. The molecule has 1 saturated carbocycles. The second-order valence-corrected chi connectivity index (χ2v) is 5.06. The summed E-state index contributed by atoms with van der Waals surface area (Å²) >= 11 is 6.05. The summed E-state index contributed by atoms with van der Waals surface area (Å²) in [7, 11) is 0. The van der Waals surface area contributed by atoms with Gasteiger partial charge >= 0.3 is 0 Å². The van der Waals surface area contributed by atoms with Crippen molar-refractivity contribution in [3.63, 3.8) is 0 Å². The lowest BCUT2D eigenvalue weighted by Crippen LogP contribution is -2.14. The van der Waals surface area contributed by atoms with Crippen molar-refractivity contribution in [2.75, 3.05) is 11.9 Å². The number of benzene rings is 1. The summed E-state index contributed by atoms with van der Waals surface area (Å²) in [5.41, 5.74) is 2.36. The molecule has 0 spiro atoms. The monoisotopic (exact) mass is 234 g/mol. The SMILES string of the molecule is Cc1ccc(NCC2(CC#N)CC2)cc1Cl. The molecule has 2 rings (SSSR count). The van der Waals surface area contributed by atoms with Gasteiger partial charge in [-0.1, -0.05) is 17.7 Å². The van der Waals surface area contributed by atoms with Gasteiger partial charge in [-0.15, -0.1) is 0 Å². The first-order chi connectivity index (χ1) is 7.65. The number of aryl methyl sites for hydroxylation is 1. The lowest BCUT2D eigenvalue weighted by Gasteiger charge is -2.13. The van der Waals surface area contributed by atoms with Crippen LogP contribution in [-0.4, -0.2) is 6.54 Å². The van der Waals surface area contributed by atoms with Gasteiger partial charge in [0.1, 0.15) is 0 Å². The van der Waals surface area contributed by atoms with E-state index in [-0.39, 0.29) is 5.41 Å². The Bertz CT molecular complexity index is 430. The van der Waals surface area contributed by atoms with Gasteiger partial charge in [0.15, 0.2) is 0 Å². The van der Waals surface area contributed by atoms with E-state index in [2.05, 4.69) is 11.4 Å². The Hall–Kier alpha value is -1.20. The third-order valence-corrected chi connectivity index (χ3v) is 3.66. The molecule has 0 atom stereocenters. The standard InChI is InChI=1S/C13H15ClN2/c1-10-2-3-11(8-12(10)14)16-9-13(4-5-13)6-7-15/h2-3,8,16H,4-6,9H2,1H3. The molecule has 1 aliphatic rings. The highest BCUT2D eigenvalue weighted by Crippen LogP contribution is 2.48. The van der Waals surface area contributed by atoms with Crippen LogP contribution in [0.25, 0.3) is 0 Å². The number of hydrogen-bond acceptors (Lipinski definition) is 2. The van der Waals surface area contributed by atoms with Crippen LogP contribution in [0.2, 0.25) is 5.02 Å². The molecule has 0 amide bonds. The van der Waals surface area contributed by atoms with Gasteiger partial charge in [-0.25, -0.2) is 0 Å². The summed E-state index contributed by atoms with van der Waals surface area (Å²) in [5, 5.41) is 12.9. The molecule has 16 heavy (non-hydrogen) atoms. The van der Waals surface area contributed by atoms with Crippen molar-refractivity contribution in [3.05, 3.63) is 28.8 Å². The average molecular weight is 235 g/mol. The smallest absolute Gasteiger partial charge is 0.0628 e. The Morgan fingerprint density at radius 3 is 2.81 bits per heavy atom. The van der Waals surface area contributed by atoms with Crippen LogP contribution in [0.3, 0.4) is 0 Å². The molecule has 0 heterocycles. The van der Waals surface area contributed by atoms with Gasteiger partial charge in [-0.2, -0.15) is 5.26 Å². The normalized spacial score (nSPS) is 16.6. The lowest BCUT2D eigenvalue weighted by atomic mass is 10.0. The van der Waals surface area contributed by atoms with Crippen molar-refractivity contribution in [1.29, 1.82) is 5.26 Å². The third-order valence-electron chi connectivity index (χ3n) is 3.25. The van der Waals surface area contributed by atoms with E-state index in [0.717, 1.165) is 35.7 Å². The van der Waals surface area contributed by atoms with Crippen LogP contribution in [0, 0.1) is 23.7 Å². The molecule has 0 aromatic heterocycles. The van der Waals surface area contributed by atoms with Crippen LogP contribution in [0.4, 0.5) is 5.69 Å². The van der Waals surface area contributed by atoms with Gasteiger partial charge in [0.05, 0.1) is 6.07 Å². The van der Waals surface area contributed by atoms with Crippen molar-refractivity contribution in [3.8, 4) is 6.07 Å². The van der Waals surface area contributed by atoms with Gasteiger partial charge in [0.2, 0.25) is 0 Å². The molecule has 1 aromatic rings. The second-order valence-electron chi connectivity index (χ2n) is 4.65. The van der Waals surface area contributed by atoms with Crippen LogP contribution in [-0.2, 0) is 0 Å². The fourth-order valence-corrected chi connectivity index (χ4v) is 1.93. The van der Waals surface area contributed by atoms with Crippen molar-refractivity contribution >= 4 is 17.3 Å². The molecule has 1 aliphatic carbocycles. The van der Waals surface area contributed by atoms with Crippen LogP contribution < -0.4 is 5.32 Å². The number of halogens is 1. The highest BCUT2D eigenvalue weighted by Gasteiger charge is 2.42. The summed E-state index contributed by atoms with van der Waals surface area (Å²) in [6, 6.07) is 8.24. The molecule has 0 bridgehead atoms. The summed E-state index contributed by atoms with van der Waals surface area (Å²) < 4.78 is 0. The van der Waals surface area contributed by atoms with Gasteiger partial charge in [0.25, 0.3) is 0 Å². The third kappa shape index (κ3) is 2.48. The Kier molecular flexibility index (Phi) is 3.07. The van der Waals surface area contributed by atoms with E-state index in [9.17, 15) is 0 Å². The number of hydrogen-bond donors (Lipinski definition) is 1. The van der Waals surface area contributed by atoms with Gasteiger partial charge in [0, 0.05) is 29.1 Å². The zero-order valence-corrected chi connectivity index (χ0v) is 10.1. The first-order valence-corrected chi connectivity index (χ1v) is 5.90. The zero-order chi connectivity index (χ0) is 11.6. The van der Waals surface area contributed by atoms with E-state index in [4.69, 9.17) is 16.9 Å². The van der Waals surface area contributed by atoms with Gasteiger partial charge < -0.3 is 5.32 Å². The van der Waals surface area contributed by atoms with E-state index in [1.807, 2.05) is 25.1 Å². The van der Waals surface area contributed by atoms with Crippen LogP contribution >= 0.6 is 11.6 Å². The molecule has 2 nitrogen and oxygen atoms in total. The number of rotatable bonds is 4. The minimum atomic E-state index is 0.228. The van der Waals surface area contributed by atoms with Crippen molar-refractivity contribution < 1.29 is 0 Å². The first-order valence-electron chi connectivity index (χ1n) is 5.52. The maximum Gasteiger partial charge on any atom is 0.0628 e. The van der Waals surface area contributed by atoms with Gasteiger partial charge in [-0.3, -0.25) is 0 Å². The summed E-state index contributed by atoms with van der Waals surface area (Å²) in [6.45, 7) is 2.87. The van der Waals surface area contributed by atoms with E-state index in [0.29, 0.717) is 6.42 Å². The van der Waals surface area contributed by atoms with E-state index in [1.165, 1.54) is 0 Å². The first kappa shape index (κ1) is 11.3. The molecule has 84 valence electrons. The van der Waals surface area contributed by atoms with Crippen LogP contribution in [0.1, 0.15) is 24.8 Å². The maximum atomic E-state index is 8.72. The highest BCUT2D eigenvalue weighted by molar-refractivity contribution is 6.31. The van der Waals surface area contributed by atoms with E-state index < -0.39 is 0 Å². The molecule has 0 radical (unpaired) electrons. The van der Waals surface area contributed by atoms with Crippen LogP contribution in [0.5, 0.6) is 0 Å². The maximum absolute atomic E-state index is 8.72. The number of anilines is 1. The zero-order valence-electron chi connectivity index (χ0n) is 9.39. The minimum absolute atomic E-state index is 0.228. The Labute approximate surface area is 101 Å². The molecule has 0 saturated heterocycles. The van der Waals surface area contributed by atoms with Crippen molar-refractivity contribution in [2.45, 2.75) is 26.2 Å². The van der Waals surface area contributed by atoms with Crippen molar-refractivity contribution in [2.24, 2.45) is 5.41 Å². The summed E-state index contributed by atoms with van der Waals surface area (Å²) in [4.78, 5) is 0. The molecule has 3 heteroatoms. The topological polar surface area (TPSA) is 35.8 Å². The molecule has 1 fully saturated rings. The van der Waals surface area contributed by atoms with E-state index >= 15 is 0 Å². The molecule has 1 aromatic carbocycles. The summed E-state index contributed by atoms with van der Waals surface area (Å²) in [6.07, 6.45) is 2.97. The Morgan fingerprint density at radius 2 is 2.25 bits per heavy atom. The number of nitrogens with zero attached hydrogens (tertiary/aromatic N) is 1. The average Bonchev–Trinajstić information content (AvgIpc) is 3.01. The predicted molar refractivity (Wildman–Crippen MR) is 66.6 cm³/mol.